The standard InChI is InChI=1S/C26H24N4O4S/c1-3-20-7-9-23(35-20)26(33)29-21(14-18-5-4-10-27-15-18)25(32)28-19-6-8-22(17(2)13-19)30-11-12-34-16-24(30)31/h1,4-10,13,15,21H,11-12,14,16H2,2H3,(H,28,32)(H,29,33). The van der Waals surface area contributed by atoms with E-state index in [9.17, 15) is 14.4 Å². The van der Waals surface area contributed by atoms with Gasteiger partial charge in [-0.1, -0.05) is 12.0 Å². The van der Waals surface area contributed by atoms with Crippen molar-refractivity contribution in [3.8, 4) is 12.3 Å². The van der Waals surface area contributed by atoms with E-state index in [4.69, 9.17) is 11.2 Å². The van der Waals surface area contributed by atoms with Crippen LogP contribution in [0.4, 0.5) is 11.4 Å². The van der Waals surface area contributed by atoms with Crippen LogP contribution in [-0.4, -0.2) is 48.5 Å². The number of terminal acetylenes is 1. The molecular weight excluding hydrogens is 464 g/mol. The Kier molecular flexibility index (Phi) is 7.55. The minimum atomic E-state index is -0.844. The van der Waals surface area contributed by atoms with E-state index < -0.39 is 6.04 Å². The number of aromatic nitrogens is 1. The molecule has 1 aliphatic rings. The molecule has 0 aliphatic carbocycles. The van der Waals surface area contributed by atoms with Crippen molar-refractivity contribution in [3.63, 3.8) is 0 Å². The number of morpholine rings is 1. The number of ether oxygens (including phenoxy) is 1. The third-order valence-corrected chi connectivity index (χ3v) is 6.51. The summed E-state index contributed by atoms with van der Waals surface area (Å²) in [7, 11) is 0. The summed E-state index contributed by atoms with van der Waals surface area (Å²) in [5.74, 6) is 1.66. The van der Waals surface area contributed by atoms with Crippen LogP contribution < -0.4 is 15.5 Å². The number of hydrogen-bond acceptors (Lipinski definition) is 6. The number of thiophene rings is 1. The maximum atomic E-state index is 13.2. The van der Waals surface area contributed by atoms with Crippen molar-refractivity contribution >= 4 is 40.4 Å². The normalized spacial score (nSPS) is 14.2. The Morgan fingerprint density at radius 2 is 2.14 bits per heavy atom. The van der Waals surface area contributed by atoms with Crippen LogP contribution in [0.15, 0.2) is 54.9 Å². The molecule has 1 aliphatic heterocycles. The zero-order valence-corrected chi connectivity index (χ0v) is 19.9. The van der Waals surface area contributed by atoms with Crippen LogP contribution in [0.3, 0.4) is 0 Å². The van der Waals surface area contributed by atoms with Gasteiger partial charge in [0.1, 0.15) is 12.6 Å². The highest BCUT2D eigenvalue weighted by molar-refractivity contribution is 7.14. The Hall–Kier alpha value is -4.00. The highest BCUT2D eigenvalue weighted by atomic mass is 32.1. The first kappa shape index (κ1) is 24.1. The number of rotatable bonds is 7. The number of nitrogens with zero attached hydrogens (tertiary/aromatic N) is 2. The maximum absolute atomic E-state index is 13.2. The molecule has 4 rings (SSSR count). The van der Waals surface area contributed by atoms with Gasteiger partial charge in [0.05, 0.1) is 16.4 Å². The number of pyridine rings is 1. The number of aryl methyl sites for hydroxylation is 1. The third-order valence-electron chi connectivity index (χ3n) is 5.50. The molecule has 1 aromatic carbocycles. The number of anilines is 2. The summed E-state index contributed by atoms with van der Waals surface area (Å²) in [4.78, 5) is 45.1. The first-order valence-electron chi connectivity index (χ1n) is 11.0. The van der Waals surface area contributed by atoms with E-state index in [0.717, 1.165) is 16.8 Å². The fraction of sp³-hybridized carbons (Fsp3) is 0.231. The second kappa shape index (κ2) is 11.0. The number of carbonyl (C=O) groups excluding carboxylic acids is 3. The molecular formula is C26H24N4O4S. The Balaban J connectivity index is 1.51. The molecule has 2 N–H and O–H groups in total. The molecule has 1 unspecified atom stereocenters. The van der Waals surface area contributed by atoms with Crippen molar-refractivity contribution in [1.82, 2.24) is 10.3 Å². The summed E-state index contributed by atoms with van der Waals surface area (Å²) in [6.45, 7) is 2.89. The molecule has 1 fully saturated rings. The van der Waals surface area contributed by atoms with Gasteiger partial charge in [0.15, 0.2) is 0 Å². The smallest absolute Gasteiger partial charge is 0.262 e. The van der Waals surface area contributed by atoms with E-state index in [2.05, 4.69) is 21.5 Å². The third kappa shape index (κ3) is 5.93. The highest BCUT2D eigenvalue weighted by Gasteiger charge is 2.25. The summed E-state index contributed by atoms with van der Waals surface area (Å²) in [6.07, 6.45) is 8.98. The average Bonchev–Trinajstić information content (AvgIpc) is 3.35. The summed E-state index contributed by atoms with van der Waals surface area (Å²) < 4.78 is 5.20. The predicted octanol–water partition coefficient (Wildman–Crippen LogP) is 2.78. The second-order valence-corrected chi connectivity index (χ2v) is 9.07. The summed E-state index contributed by atoms with van der Waals surface area (Å²) >= 11 is 1.19. The van der Waals surface area contributed by atoms with Gasteiger partial charge in [-0.05, 0) is 54.4 Å². The zero-order chi connectivity index (χ0) is 24.8. The number of nitrogens with one attached hydrogen (secondary N) is 2. The lowest BCUT2D eigenvalue weighted by Crippen LogP contribution is -2.45. The van der Waals surface area contributed by atoms with Crippen molar-refractivity contribution in [1.29, 1.82) is 0 Å². The molecule has 1 atom stereocenters. The van der Waals surface area contributed by atoms with Crippen molar-refractivity contribution in [2.75, 3.05) is 30.0 Å². The maximum Gasteiger partial charge on any atom is 0.262 e. The lowest BCUT2D eigenvalue weighted by Gasteiger charge is -2.28. The molecule has 178 valence electrons. The number of hydrogen-bond donors (Lipinski definition) is 2. The number of amides is 3. The van der Waals surface area contributed by atoms with Crippen LogP contribution in [0, 0.1) is 19.3 Å². The molecule has 35 heavy (non-hydrogen) atoms. The summed E-state index contributed by atoms with van der Waals surface area (Å²) in [6, 6.07) is 11.5. The fourth-order valence-corrected chi connectivity index (χ4v) is 4.49. The van der Waals surface area contributed by atoms with Gasteiger partial charge >= 0.3 is 0 Å². The van der Waals surface area contributed by atoms with Gasteiger partial charge in [-0.25, -0.2) is 0 Å². The Morgan fingerprint density at radius 3 is 2.83 bits per heavy atom. The van der Waals surface area contributed by atoms with Gasteiger partial charge in [0.2, 0.25) is 5.91 Å². The van der Waals surface area contributed by atoms with Crippen LogP contribution in [0.2, 0.25) is 0 Å². The molecule has 0 spiro atoms. The minimum Gasteiger partial charge on any atom is -0.370 e. The Labute approximate surface area is 207 Å². The van der Waals surface area contributed by atoms with Crippen LogP contribution >= 0.6 is 11.3 Å². The molecule has 9 heteroatoms. The van der Waals surface area contributed by atoms with E-state index in [1.165, 1.54) is 11.3 Å². The largest absolute Gasteiger partial charge is 0.370 e. The number of benzene rings is 1. The van der Waals surface area contributed by atoms with E-state index in [1.54, 1.807) is 53.7 Å². The van der Waals surface area contributed by atoms with Gasteiger partial charge in [-0.3, -0.25) is 19.4 Å². The Morgan fingerprint density at radius 1 is 1.29 bits per heavy atom. The van der Waals surface area contributed by atoms with Crippen LogP contribution in [0.25, 0.3) is 0 Å². The molecule has 2 aromatic heterocycles. The molecule has 3 heterocycles. The summed E-state index contributed by atoms with van der Waals surface area (Å²) in [5.41, 5.74) is 2.98. The van der Waals surface area contributed by atoms with Crippen molar-refractivity contribution < 1.29 is 19.1 Å². The lowest BCUT2D eigenvalue weighted by atomic mass is 10.1. The first-order chi connectivity index (χ1) is 16.9. The minimum absolute atomic E-state index is 0.0563. The van der Waals surface area contributed by atoms with E-state index >= 15 is 0 Å². The molecule has 8 nitrogen and oxygen atoms in total. The SMILES string of the molecule is C#Cc1ccc(C(=O)NC(Cc2cccnc2)C(=O)Nc2ccc(N3CCOCC3=O)c(C)c2)s1. The lowest BCUT2D eigenvalue weighted by molar-refractivity contribution is -0.125. The van der Waals surface area contributed by atoms with Gasteiger partial charge in [-0.15, -0.1) is 17.8 Å². The Bertz CT molecular complexity index is 1280. The van der Waals surface area contributed by atoms with Gasteiger partial charge in [0, 0.05) is 36.7 Å². The fourth-order valence-electron chi connectivity index (χ4n) is 3.77. The molecule has 0 saturated carbocycles. The van der Waals surface area contributed by atoms with Crippen molar-refractivity contribution in [3.05, 3.63) is 75.7 Å². The first-order valence-corrected chi connectivity index (χ1v) is 11.8. The summed E-state index contributed by atoms with van der Waals surface area (Å²) in [5, 5.41) is 5.71. The molecule has 0 bridgehead atoms. The molecule has 1 saturated heterocycles. The van der Waals surface area contributed by atoms with E-state index in [-0.39, 0.29) is 30.7 Å². The highest BCUT2D eigenvalue weighted by Crippen LogP contribution is 2.25. The molecule has 3 aromatic rings. The predicted molar refractivity (Wildman–Crippen MR) is 134 cm³/mol. The average molecular weight is 489 g/mol. The topological polar surface area (TPSA) is 101 Å². The molecule has 0 radical (unpaired) electrons. The number of carbonyl (C=O) groups is 3. The van der Waals surface area contributed by atoms with E-state index in [0.29, 0.717) is 28.6 Å². The van der Waals surface area contributed by atoms with E-state index in [1.807, 2.05) is 13.0 Å². The zero-order valence-electron chi connectivity index (χ0n) is 19.1. The van der Waals surface area contributed by atoms with Gasteiger partial charge in [-0.2, -0.15) is 0 Å². The quantitative estimate of drug-likeness (QED) is 0.498. The van der Waals surface area contributed by atoms with Crippen LogP contribution in [0.1, 0.15) is 25.7 Å². The second-order valence-electron chi connectivity index (χ2n) is 7.99. The monoisotopic (exact) mass is 488 g/mol. The van der Waals surface area contributed by atoms with Gasteiger partial charge in [0.25, 0.3) is 11.8 Å². The van der Waals surface area contributed by atoms with Crippen molar-refractivity contribution in [2.45, 2.75) is 19.4 Å². The molecule has 3 amide bonds. The van der Waals surface area contributed by atoms with Crippen LogP contribution in [-0.2, 0) is 20.7 Å². The van der Waals surface area contributed by atoms with Crippen LogP contribution in [0.5, 0.6) is 0 Å². The van der Waals surface area contributed by atoms with Gasteiger partial charge < -0.3 is 20.3 Å². The van der Waals surface area contributed by atoms with Crippen molar-refractivity contribution in [2.24, 2.45) is 0 Å².